The summed E-state index contributed by atoms with van der Waals surface area (Å²) in [6.45, 7) is 3.21. The zero-order valence-electron chi connectivity index (χ0n) is 10.5. The third kappa shape index (κ3) is 5.20. The van der Waals surface area contributed by atoms with Crippen molar-refractivity contribution in [2.24, 2.45) is 0 Å². The zero-order valence-corrected chi connectivity index (χ0v) is 12.1. The van der Waals surface area contributed by atoms with Crippen LogP contribution in [-0.4, -0.2) is 54.3 Å². The number of anilines is 1. The lowest BCUT2D eigenvalue weighted by Crippen LogP contribution is -2.31. The standard InChI is InChI=1S/C10H20N4OS2/c1-4-11-8(5-6-15)7-16-10-13-12-9(17-10)14(2)3/h8,11,15H,4-7H2,1-3H3. The van der Waals surface area contributed by atoms with Crippen molar-refractivity contribution in [2.75, 3.05) is 37.9 Å². The number of aromatic nitrogens is 2. The van der Waals surface area contributed by atoms with Crippen LogP contribution in [-0.2, 0) is 0 Å². The molecular formula is C10H20N4OS2. The lowest BCUT2D eigenvalue weighted by atomic mass is 10.2. The molecule has 0 aliphatic carbocycles. The van der Waals surface area contributed by atoms with Crippen molar-refractivity contribution in [1.82, 2.24) is 15.5 Å². The largest absolute Gasteiger partial charge is 0.396 e. The first-order valence-corrected chi connectivity index (χ1v) is 7.45. The van der Waals surface area contributed by atoms with Gasteiger partial charge in [0.25, 0.3) is 0 Å². The Morgan fingerprint density at radius 3 is 2.76 bits per heavy atom. The smallest absolute Gasteiger partial charge is 0.208 e. The summed E-state index contributed by atoms with van der Waals surface area (Å²) in [6.07, 6.45) is 0.778. The SMILES string of the molecule is CCNC(CCO)CSc1nnc(N(C)C)s1. The predicted molar refractivity (Wildman–Crippen MR) is 74.1 cm³/mol. The number of nitrogens with zero attached hydrogens (tertiary/aromatic N) is 3. The molecule has 0 amide bonds. The molecule has 0 saturated heterocycles. The average molecular weight is 276 g/mol. The Hall–Kier alpha value is -0.370. The Morgan fingerprint density at radius 2 is 2.24 bits per heavy atom. The molecule has 0 aliphatic heterocycles. The third-order valence-electron chi connectivity index (χ3n) is 2.16. The molecule has 0 spiro atoms. The normalized spacial score (nSPS) is 12.7. The maximum Gasteiger partial charge on any atom is 0.208 e. The van der Waals surface area contributed by atoms with Crippen LogP contribution in [0.5, 0.6) is 0 Å². The van der Waals surface area contributed by atoms with Gasteiger partial charge in [0.1, 0.15) is 0 Å². The van der Waals surface area contributed by atoms with Crippen molar-refractivity contribution in [3.63, 3.8) is 0 Å². The molecule has 1 aromatic rings. The molecule has 0 radical (unpaired) electrons. The number of aliphatic hydroxyl groups excluding tert-OH is 1. The summed E-state index contributed by atoms with van der Waals surface area (Å²) in [5.74, 6) is 0.913. The number of nitrogens with one attached hydrogen (secondary N) is 1. The second kappa shape index (κ2) is 7.86. The Balaban J connectivity index is 2.41. The van der Waals surface area contributed by atoms with E-state index in [1.807, 2.05) is 19.0 Å². The molecular weight excluding hydrogens is 256 g/mol. The van der Waals surface area contributed by atoms with Crippen LogP contribution in [0.25, 0.3) is 0 Å². The Labute approximate surface area is 111 Å². The maximum atomic E-state index is 8.96. The molecule has 0 aromatic carbocycles. The summed E-state index contributed by atoms with van der Waals surface area (Å²) < 4.78 is 0.981. The highest BCUT2D eigenvalue weighted by Gasteiger charge is 2.10. The average Bonchev–Trinajstić information content (AvgIpc) is 2.75. The van der Waals surface area contributed by atoms with Crippen molar-refractivity contribution < 1.29 is 5.11 Å². The fraction of sp³-hybridized carbons (Fsp3) is 0.800. The van der Waals surface area contributed by atoms with Crippen LogP contribution in [0.2, 0.25) is 0 Å². The van der Waals surface area contributed by atoms with Gasteiger partial charge in [0, 0.05) is 32.5 Å². The van der Waals surface area contributed by atoms with E-state index in [0.29, 0.717) is 6.04 Å². The lowest BCUT2D eigenvalue weighted by Gasteiger charge is -2.14. The van der Waals surface area contributed by atoms with Crippen molar-refractivity contribution in [2.45, 2.75) is 23.7 Å². The molecule has 0 bridgehead atoms. The van der Waals surface area contributed by atoms with Gasteiger partial charge in [-0.15, -0.1) is 10.2 Å². The monoisotopic (exact) mass is 276 g/mol. The number of aliphatic hydroxyl groups is 1. The minimum Gasteiger partial charge on any atom is -0.396 e. The first-order valence-electron chi connectivity index (χ1n) is 5.65. The fourth-order valence-electron chi connectivity index (χ4n) is 1.30. The van der Waals surface area contributed by atoms with E-state index in [-0.39, 0.29) is 6.61 Å². The summed E-state index contributed by atoms with van der Waals surface area (Å²) in [7, 11) is 3.92. The molecule has 0 fully saturated rings. The van der Waals surface area contributed by atoms with E-state index in [9.17, 15) is 0 Å². The first-order chi connectivity index (χ1) is 8.17. The zero-order chi connectivity index (χ0) is 12.7. The first kappa shape index (κ1) is 14.7. The third-order valence-corrected chi connectivity index (χ3v) is 4.54. The molecule has 1 aromatic heterocycles. The van der Waals surface area contributed by atoms with Gasteiger partial charge in [-0.25, -0.2) is 0 Å². The van der Waals surface area contributed by atoms with E-state index in [2.05, 4.69) is 22.4 Å². The molecule has 1 rings (SSSR count). The van der Waals surface area contributed by atoms with E-state index in [4.69, 9.17) is 5.11 Å². The highest BCUT2D eigenvalue weighted by Crippen LogP contribution is 2.27. The van der Waals surface area contributed by atoms with E-state index in [0.717, 1.165) is 28.2 Å². The van der Waals surface area contributed by atoms with Crippen LogP contribution < -0.4 is 10.2 Å². The van der Waals surface area contributed by atoms with Crippen molar-refractivity contribution in [3.05, 3.63) is 0 Å². The quantitative estimate of drug-likeness (QED) is 0.692. The second-order valence-corrected chi connectivity index (χ2v) is 6.05. The van der Waals surface area contributed by atoms with Crippen molar-refractivity contribution in [1.29, 1.82) is 0 Å². The summed E-state index contributed by atoms with van der Waals surface area (Å²) in [4.78, 5) is 1.96. The van der Waals surface area contributed by atoms with Crippen LogP contribution in [0.15, 0.2) is 4.34 Å². The highest BCUT2D eigenvalue weighted by atomic mass is 32.2. The van der Waals surface area contributed by atoms with Gasteiger partial charge in [0.2, 0.25) is 5.13 Å². The van der Waals surface area contributed by atoms with Crippen LogP contribution in [0, 0.1) is 0 Å². The Bertz CT molecular complexity index is 313. The van der Waals surface area contributed by atoms with Crippen LogP contribution in [0.3, 0.4) is 0 Å². The number of rotatable bonds is 8. The molecule has 98 valence electrons. The number of thioether (sulfide) groups is 1. The summed E-state index contributed by atoms with van der Waals surface area (Å²) in [5.41, 5.74) is 0. The molecule has 7 heteroatoms. The number of hydrogen-bond donors (Lipinski definition) is 2. The second-order valence-electron chi connectivity index (χ2n) is 3.82. The van der Waals surface area contributed by atoms with Gasteiger partial charge >= 0.3 is 0 Å². The molecule has 17 heavy (non-hydrogen) atoms. The van der Waals surface area contributed by atoms with E-state index in [1.165, 1.54) is 0 Å². The minimum absolute atomic E-state index is 0.220. The van der Waals surface area contributed by atoms with Crippen LogP contribution >= 0.6 is 23.1 Å². The van der Waals surface area contributed by atoms with Gasteiger partial charge in [-0.2, -0.15) is 0 Å². The predicted octanol–water partition coefficient (Wildman–Crippen LogP) is 1.06. The summed E-state index contributed by atoms with van der Waals surface area (Å²) in [5, 5.41) is 21.4. The van der Waals surface area contributed by atoms with E-state index in [1.54, 1.807) is 23.1 Å². The van der Waals surface area contributed by atoms with Crippen molar-refractivity contribution >= 4 is 28.2 Å². The molecule has 0 aliphatic rings. The molecule has 1 unspecified atom stereocenters. The number of hydrogen-bond acceptors (Lipinski definition) is 7. The highest BCUT2D eigenvalue weighted by molar-refractivity contribution is 8.01. The van der Waals surface area contributed by atoms with Gasteiger partial charge in [0.15, 0.2) is 4.34 Å². The Morgan fingerprint density at radius 1 is 1.47 bits per heavy atom. The van der Waals surface area contributed by atoms with E-state index < -0.39 is 0 Å². The molecule has 2 N–H and O–H groups in total. The molecule has 5 nitrogen and oxygen atoms in total. The van der Waals surface area contributed by atoms with Crippen LogP contribution in [0.1, 0.15) is 13.3 Å². The van der Waals surface area contributed by atoms with Gasteiger partial charge in [-0.05, 0) is 13.0 Å². The molecule has 1 atom stereocenters. The van der Waals surface area contributed by atoms with Gasteiger partial charge in [-0.1, -0.05) is 30.0 Å². The van der Waals surface area contributed by atoms with Gasteiger partial charge in [0.05, 0.1) is 0 Å². The lowest BCUT2D eigenvalue weighted by molar-refractivity contribution is 0.271. The summed E-state index contributed by atoms with van der Waals surface area (Å²) >= 11 is 3.29. The minimum atomic E-state index is 0.220. The Kier molecular flexibility index (Phi) is 6.79. The fourth-order valence-corrected chi connectivity index (χ4v) is 3.19. The molecule has 0 saturated carbocycles. The van der Waals surface area contributed by atoms with Crippen LogP contribution in [0.4, 0.5) is 5.13 Å². The van der Waals surface area contributed by atoms with Crippen molar-refractivity contribution in [3.8, 4) is 0 Å². The van der Waals surface area contributed by atoms with E-state index >= 15 is 0 Å². The van der Waals surface area contributed by atoms with Gasteiger partial charge in [-0.3, -0.25) is 0 Å². The molecule has 1 heterocycles. The maximum absolute atomic E-state index is 8.96. The topological polar surface area (TPSA) is 61.3 Å². The van der Waals surface area contributed by atoms with Gasteiger partial charge < -0.3 is 15.3 Å². The summed E-state index contributed by atoms with van der Waals surface area (Å²) in [6, 6.07) is 0.335.